The average molecular weight is 432 g/mol. The summed E-state index contributed by atoms with van der Waals surface area (Å²) in [6, 6.07) is 9.18. The largest absolute Gasteiger partial charge is 0.490 e. The molecule has 0 aromatic heterocycles. The summed E-state index contributed by atoms with van der Waals surface area (Å²) in [4.78, 5) is 2.13. The van der Waals surface area contributed by atoms with Crippen LogP contribution in [0.25, 0.3) is 0 Å². The molecule has 0 radical (unpaired) electrons. The van der Waals surface area contributed by atoms with Crippen LogP contribution in [0.1, 0.15) is 18.1 Å². The quantitative estimate of drug-likeness (QED) is 0.519. The fourth-order valence-corrected chi connectivity index (χ4v) is 3.27. The predicted octanol–water partition coefficient (Wildman–Crippen LogP) is 5.28. The van der Waals surface area contributed by atoms with E-state index in [1.807, 2.05) is 33.2 Å². The van der Waals surface area contributed by atoms with Crippen molar-refractivity contribution in [2.24, 2.45) is 0 Å². The third-order valence-corrected chi connectivity index (χ3v) is 4.85. The molecule has 0 unspecified atom stereocenters. The maximum atomic E-state index is 6.47. The molecule has 0 aliphatic rings. The molecule has 7 heteroatoms. The third-order valence-electron chi connectivity index (χ3n) is 3.86. The van der Waals surface area contributed by atoms with Gasteiger partial charge in [0.1, 0.15) is 6.61 Å². The summed E-state index contributed by atoms with van der Waals surface area (Å²) < 4.78 is 11.7. The fourth-order valence-electron chi connectivity index (χ4n) is 2.48. The van der Waals surface area contributed by atoms with Gasteiger partial charge in [-0.3, -0.25) is 0 Å². The van der Waals surface area contributed by atoms with Crippen molar-refractivity contribution < 1.29 is 9.47 Å². The number of ether oxygens (including phenoxy) is 2. The Morgan fingerprint density at radius 3 is 2.33 bits per heavy atom. The zero-order chi connectivity index (χ0) is 19.8. The second-order valence-corrected chi connectivity index (χ2v) is 7.53. The van der Waals surface area contributed by atoms with E-state index in [0.717, 1.165) is 18.7 Å². The van der Waals surface area contributed by atoms with Crippen molar-refractivity contribution in [3.05, 3.63) is 56.5 Å². The van der Waals surface area contributed by atoms with Crippen LogP contribution in [0.15, 0.2) is 30.3 Å². The lowest BCUT2D eigenvalue weighted by molar-refractivity contribution is 0.269. The van der Waals surface area contributed by atoms with Crippen molar-refractivity contribution in [2.45, 2.75) is 20.1 Å². The lowest BCUT2D eigenvalue weighted by atomic mass is 10.2. The van der Waals surface area contributed by atoms with Crippen LogP contribution in [0.3, 0.4) is 0 Å². The van der Waals surface area contributed by atoms with Gasteiger partial charge in [0.2, 0.25) is 0 Å². The first-order valence-electron chi connectivity index (χ1n) is 8.78. The van der Waals surface area contributed by atoms with Gasteiger partial charge in [0.15, 0.2) is 11.5 Å². The highest BCUT2D eigenvalue weighted by molar-refractivity contribution is 6.36. The average Bonchev–Trinajstić information content (AvgIpc) is 2.60. The van der Waals surface area contributed by atoms with Crippen LogP contribution in [0.2, 0.25) is 15.1 Å². The molecule has 0 aliphatic heterocycles. The van der Waals surface area contributed by atoms with E-state index in [4.69, 9.17) is 44.3 Å². The van der Waals surface area contributed by atoms with Gasteiger partial charge in [-0.2, -0.15) is 0 Å². The van der Waals surface area contributed by atoms with Gasteiger partial charge in [0.05, 0.1) is 11.6 Å². The Morgan fingerprint density at radius 1 is 1.00 bits per heavy atom. The van der Waals surface area contributed by atoms with Crippen molar-refractivity contribution >= 4 is 34.8 Å². The summed E-state index contributed by atoms with van der Waals surface area (Å²) in [6.07, 6.45) is 0. The number of rotatable bonds is 10. The normalized spacial score (nSPS) is 11.1. The molecule has 2 rings (SSSR count). The Kier molecular flexibility index (Phi) is 9.00. The van der Waals surface area contributed by atoms with E-state index in [0.29, 0.717) is 45.3 Å². The SMILES string of the molecule is CCOc1cc(CNCCN(C)C)cc(Cl)c1OCc1c(Cl)cccc1Cl. The first-order valence-corrected chi connectivity index (χ1v) is 9.92. The van der Waals surface area contributed by atoms with Crippen molar-refractivity contribution in [2.75, 3.05) is 33.8 Å². The Hall–Kier alpha value is -1.17. The molecular weight excluding hydrogens is 407 g/mol. The van der Waals surface area contributed by atoms with E-state index in [1.165, 1.54) is 0 Å². The summed E-state index contributed by atoms with van der Waals surface area (Å²) in [5, 5.41) is 4.99. The van der Waals surface area contributed by atoms with Gasteiger partial charge in [-0.1, -0.05) is 40.9 Å². The number of halogens is 3. The molecule has 0 saturated heterocycles. The second-order valence-electron chi connectivity index (χ2n) is 6.31. The maximum absolute atomic E-state index is 6.47. The van der Waals surface area contributed by atoms with Gasteiger partial charge >= 0.3 is 0 Å². The number of nitrogens with one attached hydrogen (secondary N) is 1. The Labute approximate surface area is 176 Å². The molecule has 0 heterocycles. The molecule has 0 spiro atoms. The summed E-state index contributed by atoms with van der Waals surface area (Å²) in [7, 11) is 4.09. The minimum atomic E-state index is 0.207. The molecule has 0 aliphatic carbocycles. The van der Waals surface area contributed by atoms with Crippen molar-refractivity contribution in [1.29, 1.82) is 0 Å². The van der Waals surface area contributed by atoms with E-state index in [2.05, 4.69) is 10.2 Å². The molecule has 0 amide bonds. The van der Waals surface area contributed by atoms with E-state index in [1.54, 1.807) is 18.2 Å². The Morgan fingerprint density at radius 2 is 1.70 bits per heavy atom. The van der Waals surface area contributed by atoms with E-state index in [-0.39, 0.29) is 6.61 Å². The van der Waals surface area contributed by atoms with Gasteiger partial charge in [0, 0.05) is 35.2 Å². The number of benzene rings is 2. The molecule has 0 bridgehead atoms. The molecule has 2 aromatic carbocycles. The summed E-state index contributed by atoms with van der Waals surface area (Å²) in [6.45, 7) is 5.19. The lowest BCUT2D eigenvalue weighted by Gasteiger charge is -2.17. The van der Waals surface area contributed by atoms with Crippen molar-refractivity contribution in [3.63, 3.8) is 0 Å². The smallest absolute Gasteiger partial charge is 0.180 e. The molecule has 4 nitrogen and oxygen atoms in total. The highest BCUT2D eigenvalue weighted by atomic mass is 35.5. The van der Waals surface area contributed by atoms with Gasteiger partial charge in [-0.25, -0.2) is 0 Å². The van der Waals surface area contributed by atoms with Crippen LogP contribution in [0.4, 0.5) is 0 Å². The second kappa shape index (κ2) is 11.0. The van der Waals surface area contributed by atoms with Crippen molar-refractivity contribution in [1.82, 2.24) is 10.2 Å². The lowest BCUT2D eigenvalue weighted by Crippen LogP contribution is -2.26. The number of hydrogen-bond donors (Lipinski definition) is 1. The summed E-state index contributed by atoms with van der Waals surface area (Å²) in [5.41, 5.74) is 1.75. The zero-order valence-corrected chi connectivity index (χ0v) is 18.1. The van der Waals surface area contributed by atoms with Crippen LogP contribution < -0.4 is 14.8 Å². The minimum Gasteiger partial charge on any atom is -0.490 e. The summed E-state index contributed by atoms with van der Waals surface area (Å²) >= 11 is 18.9. The predicted molar refractivity (Wildman–Crippen MR) is 114 cm³/mol. The molecule has 2 aromatic rings. The highest BCUT2D eigenvalue weighted by Crippen LogP contribution is 2.38. The number of hydrogen-bond acceptors (Lipinski definition) is 4. The molecule has 27 heavy (non-hydrogen) atoms. The van der Waals surface area contributed by atoms with Gasteiger partial charge in [-0.15, -0.1) is 0 Å². The molecule has 0 atom stereocenters. The fraction of sp³-hybridized carbons (Fsp3) is 0.400. The summed E-state index contributed by atoms with van der Waals surface area (Å²) in [5.74, 6) is 1.10. The van der Waals surface area contributed by atoms with E-state index >= 15 is 0 Å². The zero-order valence-electron chi connectivity index (χ0n) is 15.8. The van der Waals surface area contributed by atoms with Crippen LogP contribution in [0.5, 0.6) is 11.5 Å². The third kappa shape index (κ3) is 6.74. The highest BCUT2D eigenvalue weighted by Gasteiger charge is 2.15. The number of likely N-dealkylation sites (N-methyl/N-ethyl adjacent to an activating group) is 1. The monoisotopic (exact) mass is 430 g/mol. The number of nitrogens with zero attached hydrogens (tertiary/aromatic N) is 1. The Balaban J connectivity index is 2.13. The first-order chi connectivity index (χ1) is 12.9. The topological polar surface area (TPSA) is 33.7 Å². The van der Waals surface area contributed by atoms with Crippen LogP contribution in [-0.2, 0) is 13.2 Å². The van der Waals surface area contributed by atoms with E-state index < -0.39 is 0 Å². The molecule has 0 fully saturated rings. The molecule has 0 saturated carbocycles. The first kappa shape index (κ1) is 22.1. The molecule has 1 N–H and O–H groups in total. The van der Waals surface area contributed by atoms with E-state index in [9.17, 15) is 0 Å². The minimum absolute atomic E-state index is 0.207. The van der Waals surface area contributed by atoms with Crippen molar-refractivity contribution in [3.8, 4) is 11.5 Å². The molecule has 148 valence electrons. The van der Waals surface area contributed by atoms with Crippen LogP contribution >= 0.6 is 34.8 Å². The van der Waals surface area contributed by atoms with Gasteiger partial charge in [-0.05, 0) is 50.8 Å². The standard InChI is InChI=1S/C20H25Cl3N2O2/c1-4-26-19-11-14(12-24-8-9-25(2)3)10-18(23)20(19)27-13-15-16(21)6-5-7-17(15)22/h5-7,10-11,24H,4,8-9,12-13H2,1-3H3. The van der Waals surface area contributed by atoms with Crippen LogP contribution in [0, 0.1) is 0 Å². The van der Waals surface area contributed by atoms with Crippen LogP contribution in [-0.4, -0.2) is 38.7 Å². The van der Waals surface area contributed by atoms with Gasteiger partial charge in [0.25, 0.3) is 0 Å². The van der Waals surface area contributed by atoms with Gasteiger partial charge < -0.3 is 19.7 Å². The molecular formula is C20H25Cl3N2O2. The maximum Gasteiger partial charge on any atom is 0.180 e. The Bertz CT molecular complexity index is 734.